The lowest BCUT2D eigenvalue weighted by molar-refractivity contribution is -0.0268. The minimum Gasteiger partial charge on any atom is -0.447 e. The van der Waals surface area contributed by atoms with Crippen LogP contribution >= 0.6 is 0 Å². The molecule has 0 spiro atoms. The van der Waals surface area contributed by atoms with Crippen LogP contribution in [0.3, 0.4) is 0 Å². The molecule has 0 aliphatic carbocycles. The van der Waals surface area contributed by atoms with Gasteiger partial charge in [0.25, 0.3) is 0 Å². The maximum Gasteiger partial charge on any atom is 0.404 e. The van der Waals surface area contributed by atoms with Crippen LogP contribution in [0.4, 0.5) is 4.79 Å². The third-order valence-electron chi connectivity index (χ3n) is 4.32. The van der Waals surface area contributed by atoms with Gasteiger partial charge in [-0.15, -0.1) is 0 Å². The van der Waals surface area contributed by atoms with Gasteiger partial charge in [0, 0.05) is 6.54 Å². The molecule has 14 nitrogen and oxygen atoms in total. The van der Waals surface area contributed by atoms with E-state index in [1.54, 1.807) is 0 Å². The Bertz CT molecular complexity index is 466. The lowest BCUT2D eigenvalue weighted by Gasteiger charge is -2.09. The summed E-state index contributed by atoms with van der Waals surface area (Å²) in [7, 11) is 1.89. The molecule has 0 aromatic carbocycles. The second-order valence-corrected chi connectivity index (χ2v) is 7.39. The van der Waals surface area contributed by atoms with Crippen LogP contribution in [-0.4, -0.2) is 158 Å². The minimum absolute atomic E-state index is 0.136. The van der Waals surface area contributed by atoms with Gasteiger partial charge in [-0.25, -0.2) is 4.79 Å². The van der Waals surface area contributed by atoms with E-state index in [0.717, 1.165) is 6.54 Å². The first-order chi connectivity index (χ1) is 18.8. The summed E-state index contributed by atoms with van der Waals surface area (Å²) in [6, 6.07) is 0. The molecule has 0 atom stereocenters. The van der Waals surface area contributed by atoms with Crippen molar-refractivity contribution < 1.29 is 56.9 Å². The number of nitrogens with one attached hydrogen (secondary N) is 1. The minimum atomic E-state index is -0.809. The molecule has 0 aliphatic rings. The number of amides is 1. The topological polar surface area (TPSA) is 157 Å². The van der Waals surface area contributed by atoms with Crippen LogP contribution in [0.15, 0.2) is 0 Å². The van der Waals surface area contributed by atoms with Crippen molar-refractivity contribution in [3.63, 3.8) is 0 Å². The predicted octanol–water partition coefficient (Wildman–Crippen LogP) is -0.533. The fraction of sp³-hybridized carbons (Fsp3) is 0.958. The van der Waals surface area contributed by atoms with Gasteiger partial charge in [0.1, 0.15) is 6.61 Å². The third kappa shape index (κ3) is 34.8. The maximum atomic E-state index is 10.3. The third-order valence-corrected chi connectivity index (χ3v) is 4.32. The van der Waals surface area contributed by atoms with E-state index < -0.39 is 6.09 Å². The Hall–Kier alpha value is -1.17. The summed E-state index contributed by atoms with van der Waals surface area (Å²) < 4.78 is 58.4. The second-order valence-electron chi connectivity index (χ2n) is 7.39. The first-order valence-electron chi connectivity index (χ1n) is 13.1. The average molecular weight is 559 g/mol. The van der Waals surface area contributed by atoms with Gasteiger partial charge < -0.3 is 63.2 Å². The summed E-state index contributed by atoms with van der Waals surface area (Å²) in [5, 5.41) is 3.01. The van der Waals surface area contributed by atoms with Crippen LogP contribution in [0.2, 0.25) is 0 Å². The molecule has 0 saturated carbocycles. The lowest BCUT2D eigenvalue weighted by atomic mass is 10.6. The summed E-state index contributed by atoms with van der Waals surface area (Å²) >= 11 is 0. The molecule has 0 radical (unpaired) electrons. The highest BCUT2D eigenvalue weighted by atomic mass is 16.6. The Morgan fingerprint density at radius 1 is 0.421 bits per heavy atom. The molecule has 0 fully saturated rings. The van der Waals surface area contributed by atoms with Gasteiger partial charge in [0.15, 0.2) is 0 Å². The van der Waals surface area contributed by atoms with Crippen molar-refractivity contribution in [3.05, 3.63) is 0 Å². The summed E-state index contributed by atoms with van der Waals surface area (Å²) in [5.74, 6) is 0. The van der Waals surface area contributed by atoms with Gasteiger partial charge >= 0.3 is 6.09 Å². The predicted molar refractivity (Wildman–Crippen MR) is 138 cm³/mol. The molecule has 0 aromatic heterocycles. The number of hydrogen-bond donors (Lipinski definition) is 2. The Morgan fingerprint density at radius 3 is 0.842 bits per heavy atom. The SMILES string of the molecule is CNCCOCCOCCOCCOCCOCCOCCOCCOCCOCCOCCOC(N)=O. The molecule has 38 heavy (non-hydrogen) atoms. The van der Waals surface area contributed by atoms with E-state index in [-0.39, 0.29) is 13.2 Å². The number of nitrogens with two attached hydrogens (primary N) is 1. The molecule has 228 valence electrons. The van der Waals surface area contributed by atoms with Gasteiger partial charge in [0.2, 0.25) is 0 Å². The van der Waals surface area contributed by atoms with E-state index in [4.69, 9.17) is 53.1 Å². The number of primary amides is 1. The zero-order valence-corrected chi connectivity index (χ0v) is 23.0. The molecular formula is C24H50N2O12. The molecule has 0 heterocycles. The highest BCUT2D eigenvalue weighted by Crippen LogP contribution is 1.87. The smallest absolute Gasteiger partial charge is 0.404 e. The summed E-state index contributed by atoms with van der Waals surface area (Å²) in [6.45, 7) is 11.0. The van der Waals surface area contributed by atoms with E-state index >= 15 is 0 Å². The molecule has 0 unspecified atom stereocenters. The number of rotatable bonds is 33. The van der Waals surface area contributed by atoms with Crippen molar-refractivity contribution in [2.45, 2.75) is 0 Å². The Morgan fingerprint density at radius 2 is 0.632 bits per heavy atom. The van der Waals surface area contributed by atoms with Gasteiger partial charge in [-0.1, -0.05) is 0 Å². The van der Waals surface area contributed by atoms with Crippen molar-refractivity contribution in [3.8, 4) is 0 Å². The fourth-order valence-electron chi connectivity index (χ4n) is 2.46. The molecule has 0 saturated heterocycles. The number of hydrogen-bond acceptors (Lipinski definition) is 13. The van der Waals surface area contributed by atoms with E-state index in [2.05, 4.69) is 10.1 Å². The molecule has 0 rings (SSSR count). The Labute approximate surface area is 226 Å². The lowest BCUT2D eigenvalue weighted by Crippen LogP contribution is -2.17. The number of ether oxygens (including phenoxy) is 11. The van der Waals surface area contributed by atoms with Gasteiger partial charge in [-0.3, -0.25) is 0 Å². The van der Waals surface area contributed by atoms with Crippen LogP contribution in [-0.2, 0) is 52.1 Å². The Kier molecular flexibility index (Phi) is 32.8. The number of carbonyl (C=O) groups excluding carboxylic acids is 1. The summed E-state index contributed by atoms with van der Waals surface area (Å²) in [4.78, 5) is 10.3. The maximum absolute atomic E-state index is 10.3. The first kappa shape index (κ1) is 36.8. The molecular weight excluding hydrogens is 508 g/mol. The van der Waals surface area contributed by atoms with Crippen molar-refractivity contribution >= 4 is 6.09 Å². The van der Waals surface area contributed by atoms with E-state index in [9.17, 15) is 4.79 Å². The monoisotopic (exact) mass is 558 g/mol. The van der Waals surface area contributed by atoms with Crippen molar-refractivity contribution in [1.29, 1.82) is 0 Å². The van der Waals surface area contributed by atoms with Gasteiger partial charge in [-0.05, 0) is 7.05 Å². The largest absolute Gasteiger partial charge is 0.447 e. The summed E-state index contributed by atoms with van der Waals surface area (Å²) in [5.41, 5.74) is 4.82. The zero-order valence-electron chi connectivity index (χ0n) is 23.0. The highest BCUT2D eigenvalue weighted by Gasteiger charge is 1.96. The molecule has 0 aliphatic heterocycles. The molecule has 1 amide bonds. The van der Waals surface area contributed by atoms with Crippen molar-refractivity contribution in [2.24, 2.45) is 5.73 Å². The number of likely N-dealkylation sites (N-methyl/N-ethyl adjacent to an activating group) is 1. The van der Waals surface area contributed by atoms with Crippen LogP contribution in [0, 0.1) is 0 Å². The van der Waals surface area contributed by atoms with Crippen LogP contribution in [0.25, 0.3) is 0 Å². The molecule has 0 bridgehead atoms. The Balaban J connectivity index is 3.02. The van der Waals surface area contributed by atoms with Crippen LogP contribution < -0.4 is 11.1 Å². The normalized spacial score (nSPS) is 11.3. The first-order valence-corrected chi connectivity index (χ1v) is 13.1. The van der Waals surface area contributed by atoms with E-state index in [0.29, 0.717) is 126 Å². The summed E-state index contributed by atoms with van der Waals surface area (Å²) in [6.07, 6.45) is -0.809. The van der Waals surface area contributed by atoms with Crippen LogP contribution in [0.5, 0.6) is 0 Å². The fourth-order valence-corrected chi connectivity index (χ4v) is 2.46. The van der Waals surface area contributed by atoms with Crippen LogP contribution in [0.1, 0.15) is 0 Å². The highest BCUT2D eigenvalue weighted by molar-refractivity contribution is 5.64. The second kappa shape index (κ2) is 33.9. The van der Waals surface area contributed by atoms with E-state index in [1.807, 2.05) is 7.05 Å². The average Bonchev–Trinajstić information content (AvgIpc) is 2.91. The van der Waals surface area contributed by atoms with Gasteiger partial charge in [-0.2, -0.15) is 0 Å². The molecule has 14 heteroatoms. The van der Waals surface area contributed by atoms with Crippen molar-refractivity contribution in [1.82, 2.24) is 5.32 Å². The van der Waals surface area contributed by atoms with Gasteiger partial charge in [0.05, 0.1) is 132 Å². The number of carbonyl (C=O) groups is 1. The standard InChI is InChI=1S/C24H50N2O12/c1-26-2-3-28-4-5-29-6-7-30-8-9-31-10-11-32-12-13-33-14-15-34-16-17-35-18-19-36-20-21-37-22-23-38-24(25)27/h26H,2-23H2,1H3,(H2,25,27). The van der Waals surface area contributed by atoms with Crippen molar-refractivity contribution in [2.75, 3.05) is 152 Å². The molecule has 3 N–H and O–H groups in total. The zero-order chi connectivity index (χ0) is 27.6. The molecule has 0 aromatic rings. The quantitative estimate of drug-likeness (QED) is 0.0992. The van der Waals surface area contributed by atoms with E-state index in [1.165, 1.54) is 0 Å².